The summed E-state index contributed by atoms with van der Waals surface area (Å²) in [5.74, 6) is 1.44. The molecule has 3 heterocycles. The number of hydrogen-bond donors (Lipinski definition) is 2. The van der Waals surface area contributed by atoms with E-state index in [4.69, 9.17) is 0 Å². The minimum atomic E-state index is 0. The Morgan fingerprint density at radius 1 is 1.22 bits per heavy atom. The number of aliphatic imine (C=N–C) groups is 1. The molecule has 0 aliphatic carbocycles. The Kier molecular flexibility index (Phi) is 9.55. The third kappa shape index (κ3) is 6.55. The number of rotatable bonds is 7. The first-order chi connectivity index (χ1) is 15.2. The summed E-state index contributed by atoms with van der Waals surface area (Å²) in [5, 5.41) is 9.24. The molecule has 2 N–H and O–H groups in total. The summed E-state index contributed by atoms with van der Waals surface area (Å²) in [6, 6.07) is 13.6. The molecule has 0 bridgehead atoms. The van der Waals surface area contributed by atoms with Crippen LogP contribution in [0.15, 0.2) is 65.5 Å². The van der Waals surface area contributed by atoms with Gasteiger partial charge in [-0.15, -0.1) is 35.3 Å². The molecule has 6 nitrogen and oxygen atoms in total. The quantitative estimate of drug-likeness (QED) is 0.255. The largest absolute Gasteiger partial charge is 0.356 e. The number of hydrogen-bond acceptors (Lipinski definition) is 4. The third-order valence-electron chi connectivity index (χ3n) is 5.97. The molecule has 1 aromatic carbocycles. The molecule has 1 fully saturated rings. The van der Waals surface area contributed by atoms with E-state index in [1.165, 1.54) is 35.4 Å². The highest BCUT2D eigenvalue weighted by molar-refractivity contribution is 14.0. The van der Waals surface area contributed by atoms with Gasteiger partial charge >= 0.3 is 0 Å². The van der Waals surface area contributed by atoms with Gasteiger partial charge in [-0.1, -0.05) is 30.3 Å². The average Bonchev–Trinajstić information content (AvgIpc) is 3.49. The van der Waals surface area contributed by atoms with Gasteiger partial charge in [0.25, 0.3) is 0 Å². The van der Waals surface area contributed by atoms with Gasteiger partial charge in [-0.25, -0.2) is 4.98 Å². The lowest BCUT2D eigenvalue weighted by atomic mass is 9.88. The van der Waals surface area contributed by atoms with E-state index in [-0.39, 0.29) is 24.0 Å². The van der Waals surface area contributed by atoms with Crippen LogP contribution in [-0.4, -0.2) is 47.6 Å². The van der Waals surface area contributed by atoms with Crippen LogP contribution in [0.5, 0.6) is 0 Å². The number of nitrogens with one attached hydrogen (secondary N) is 2. The van der Waals surface area contributed by atoms with Crippen LogP contribution in [0.1, 0.15) is 34.9 Å². The van der Waals surface area contributed by atoms with Crippen LogP contribution in [-0.2, 0) is 13.1 Å². The number of piperidine rings is 1. The van der Waals surface area contributed by atoms with Crippen molar-refractivity contribution in [2.45, 2.75) is 32.0 Å². The van der Waals surface area contributed by atoms with Crippen LogP contribution in [0.3, 0.4) is 0 Å². The van der Waals surface area contributed by atoms with Crippen LogP contribution >= 0.6 is 35.3 Å². The van der Waals surface area contributed by atoms with Crippen molar-refractivity contribution in [1.82, 2.24) is 25.1 Å². The minimum Gasteiger partial charge on any atom is -0.356 e. The second kappa shape index (κ2) is 12.4. The summed E-state index contributed by atoms with van der Waals surface area (Å²) >= 11 is 1.87. The Bertz CT molecular complexity index is 957. The van der Waals surface area contributed by atoms with Crippen molar-refractivity contribution >= 4 is 41.3 Å². The van der Waals surface area contributed by atoms with E-state index in [0.717, 1.165) is 25.6 Å². The summed E-state index contributed by atoms with van der Waals surface area (Å²) in [6.07, 6.45) is 8.15. The van der Waals surface area contributed by atoms with Gasteiger partial charge in [-0.2, -0.15) is 0 Å². The number of imidazole rings is 1. The third-order valence-corrected chi connectivity index (χ3v) is 6.92. The molecule has 2 aromatic heterocycles. The molecule has 2 unspecified atom stereocenters. The van der Waals surface area contributed by atoms with Gasteiger partial charge in [0.05, 0.1) is 6.33 Å². The molecule has 3 aromatic rings. The second-order valence-electron chi connectivity index (χ2n) is 8.20. The lowest BCUT2D eigenvalue weighted by Gasteiger charge is -2.39. The van der Waals surface area contributed by atoms with E-state index in [1.807, 2.05) is 37.1 Å². The first kappa shape index (κ1) is 24.7. The molecular weight excluding hydrogens is 531 g/mol. The molecule has 0 saturated carbocycles. The zero-order valence-corrected chi connectivity index (χ0v) is 21.9. The van der Waals surface area contributed by atoms with E-state index in [2.05, 4.69) is 78.9 Å². The van der Waals surface area contributed by atoms with Crippen molar-refractivity contribution in [3.8, 4) is 0 Å². The van der Waals surface area contributed by atoms with Crippen LogP contribution in [0.2, 0.25) is 0 Å². The Morgan fingerprint density at radius 2 is 2.09 bits per heavy atom. The van der Waals surface area contributed by atoms with E-state index in [0.29, 0.717) is 12.0 Å². The average molecular weight is 565 g/mol. The van der Waals surface area contributed by atoms with E-state index in [1.54, 1.807) is 0 Å². The summed E-state index contributed by atoms with van der Waals surface area (Å²) in [6.45, 7) is 3.67. The summed E-state index contributed by atoms with van der Waals surface area (Å²) < 4.78 is 2.08. The van der Waals surface area contributed by atoms with Gasteiger partial charge in [-0.05, 0) is 54.9 Å². The molecule has 1 aliphatic heterocycles. The first-order valence-electron chi connectivity index (χ1n) is 10.9. The van der Waals surface area contributed by atoms with Crippen molar-refractivity contribution in [3.05, 3.63) is 76.5 Å². The number of likely N-dealkylation sites (tertiary alicyclic amines) is 1. The molecule has 32 heavy (non-hydrogen) atoms. The highest BCUT2D eigenvalue weighted by Gasteiger charge is 2.31. The molecule has 1 saturated heterocycles. The second-order valence-corrected chi connectivity index (χ2v) is 9.18. The van der Waals surface area contributed by atoms with Crippen LogP contribution in [0, 0.1) is 5.92 Å². The van der Waals surface area contributed by atoms with Crippen molar-refractivity contribution < 1.29 is 0 Å². The Hall–Kier alpha value is -1.91. The fraction of sp³-hybridized carbons (Fsp3) is 0.417. The molecule has 2 atom stereocenters. The molecule has 1 aliphatic rings. The van der Waals surface area contributed by atoms with Crippen LogP contribution < -0.4 is 10.6 Å². The molecule has 8 heteroatoms. The van der Waals surface area contributed by atoms with E-state index >= 15 is 0 Å². The van der Waals surface area contributed by atoms with Crippen molar-refractivity contribution in [3.63, 3.8) is 0 Å². The number of nitrogens with zero attached hydrogens (tertiary/aromatic N) is 4. The molecule has 0 spiro atoms. The van der Waals surface area contributed by atoms with E-state index < -0.39 is 0 Å². The topological polar surface area (TPSA) is 57.5 Å². The SMILES string of the molecule is CN=C(NCc1cccc(Cn2ccnc2)c1)NCC1CCCN(C)C1c1cccs1.I. The zero-order chi connectivity index (χ0) is 21.5. The molecule has 0 amide bonds. The fourth-order valence-electron chi connectivity index (χ4n) is 4.45. The molecule has 4 rings (SSSR count). The van der Waals surface area contributed by atoms with Gasteiger partial charge in [-0.3, -0.25) is 9.89 Å². The molecule has 172 valence electrons. The van der Waals surface area contributed by atoms with Crippen molar-refractivity contribution in [2.24, 2.45) is 10.9 Å². The monoisotopic (exact) mass is 564 g/mol. The smallest absolute Gasteiger partial charge is 0.191 e. The first-order valence-corrected chi connectivity index (χ1v) is 11.8. The van der Waals surface area contributed by atoms with Crippen LogP contribution in [0.4, 0.5) is 0 Å². The zero-order valence-electron chi connectivity index (χ0n) is 18.8. The predicted molar refractivity (Wildman–Crippen MR) is 144 cm³/mol. The number of halogens is 1. The van der Waals surface area contributed by atoms with E-state index in [9.17, 15) is 0 Å². The van der Waals surface area contributed by atoms with Crippen LogP contribution in [0.25, 0.3) is 0 Å². The normalized spacial score (nSPS) is 19.4. The van der Waals surface area contributed by atoms with Gasteiger partial charge < -0.3 is 15.2 Å². The number of thiophene rings is 1. The van der Waals surface area contributed by atoms with Gasteiger partial charge in [0.1, 0.15) is 0 Å². The van der Waals surface area contributed by atoms with Gasteiger partial charge in [0.15, 0.2) is 5.96 Å². The molecule has 0 radical (unpaired) electrons. The maximum atomic E-state index is 4.45. The van der Waals surface area contributed by atoms with Crippen molar-refractivity contribution in [2.75, 3.05) is 27.2 Å². The summed E-state index contributed by atoms with van der Waals surface area (Å²) in [4.78, 5) is 12.5. The Morgan fingerprint density at radius 3 is 2.84 bits per heavy atom. The number of guanidine groups is 1. The van der Waals surface area contributed by atoms with Gasteiger partial charge in [0, 0.05) is 50.0 Å². The van der Waals surface area contributed by atoms with Gasteiger partial charge in [0.2, 0.25) is 0 Å². The number of benzene rings is 1. The van der Waals surface area contributed by atoms with Crippen molar-refractivity contribution in [1.29, 1.82) is 0 Å². The maximum absolute atomic E-state index is 4.45. The Labute approximate surface area is 212 Å². The molecular formula is C24H33IN6S. The lowest BCUT2D eigenvalue weighted by Crippen LogP contribution is -2.44. The summed E-state index contributed by atoms with van der Waals surface area (Å²) in [5.41, 5.74) is 2.51. The number of aromatic nitrogens is 2. The predicted octanol–water partition coefficient (Wildman–Crippen LogP) is 4.36. The summed E-state index contributed by atoms with van der Waals surface area (Å²) in [7, 11) is 4.09. The maximum Gasteiger partial charge on any atom is 0.191 e. The Balaban J connectivity index is 0.00000289. The fourth-order valence-corrected chi connectivity index (χ4v) is 5.43. The minimum absolute atomic E-state index is 0. The standard InChI is InChI=1S/C24H32N6S.HI/c1-25-24(27-15-19-6-3-7-20(14-19)17-30-12-10-26-18-30)28-16-21-8-4-11-29(2)23(21)22-9-5-13-31-22;/h3,5-7,9-10,12-14,18,21,23H,4,8,11,15-17H2,1-2H3,(H2,25,27,28);1H. The lowest BCUT2D eigenvalue weighted by molar-refractivity contribution is 0.125. The highest BCUT2D eigenvalue weighted by Crippen LogP contribution is 2.36. The highest BCUT2D eigenvalue weighted by atomic mass is 127.